The first-order chi connectivity index (χ1) is 9.76. The second-order valence-corrected chi connectivity index (χ2v) is 5.49. The van der Waals surface area contributed by atoms with Crippen LogP contribution in [0, 0.1) is 0 Å². The van der Waals surface area contributed by atoms with Crippen LogP contribution in [0.1, 0.15) is 43.8 Å². The van der Waals surface area contributed by atoms with Gasteiger partial charge in [0.15, 0.2) is 0 Å². The number of hydrogen-bond acceptors (Lipinski definition) is 6. The minimum Gasteiger partial charge on any atom is -0.370 e. The molecule has 2 N–H and O–H groups in total. The lowest BCUT2D eigenvalue weighted by molar-refractivity contribution is 0.838. The van der Waals surface area contributed by atoms with Crippen LogP contribution in [-0.2, 0) is 6.42 Å². The van der Waals surface area contributed by atoms with Crippen molar-refractivity contribution in [3.05, 3.63) is 28.5 Å². The smallest absolute Gasteiger partial charge is 0.135 e. The summed E-state index contributed by atoms with van der Waals surface area (Å²) in [5.41, 5.74) is 1.15. The van der Waals surface area contributed by atoms with Crippen LogP contribution in [0.25, 0.3) is 0 Å². The van der Waals surface area contributed by atoms with Crippen LogP contribution in [0.2, 0.25) is 0 Å². The van der Waals surface area contributed by atoms with Gasteiger partial charge in [-0.15, -0.1) is 11.3 Å². The quantitative estimate of drug-likeness (QED) is 0.817. The van der Waals surface area contributed by atoms with E-state index in [1.54, 1.807) is 17.7 Å². The molecule has 0 amide bonds. The standard InChI is InChI=1S/C14H21N5S/c1-4-6-11-12(15-5-2)17-9-18-13(11)19-10(3)14-16-7-8-20-14/h7-10H,4-6H2,1-3H3,(H2,15,17,18,19). The van der Waals surface area contributed by atoms with Gasteiger partial charge in [-0.2, -0.15) is 0 Å². The monoisotopic (exact) mass is 291 g/mol. The van der Waals surface area contributed by atoms with Gasteiger partial charge in [0.25, 0.3) is 0 Å². The SMILES string of the molecule is CCCc1c(NCC)ncnc1NC(C)c1nccs1. The van der Waals surface area contributed by atoms with Crippen molar-refractivity contribution in [3.63, 3.8) is 0 Å². The minimum absolute atomic E-state index is 0.148. The van der Waals surface area contributed by atoms with E-state index in [9.17, 15) is 0 Å². The molecule has 2 aromatic rings. The molecular formula is C14H21N5S. The van der Waals surface area contributed by atoms with E-state index in [0.29, 0.717) is 0 Å². The molecule has 0 aliphatic rings. The lowest BCUT2D eigenvalue weighted by Crippen LogP contribution is -2.13. The van der Waals surface area contributed by atoms with Crippen molar-refractivity contribution in [3.8, 4) is 0 Å². The maximum absolute atomic E-state index is 4.40. The molecule has 2 heterocycles. The van der Waals surface area contributed by atoms with Crippen molar-refractivity contribution in [1.82, 2.24) is 15.0 Å². The summed E-state index contributed by atoms with van der Waals surface area (Å²) in [5.74, 6) is 1.83. The van der Waals surface area contributed by atoms with Gasteiger partial charge in [-0.1, -0.05) is 13.3 Å². The Balaban J connectivity index is 2.23. The molecule has 0 bridgehead atoms. The van der Waals surface area contributed by atoms with Crippen molar-refractivity contribution in [2.45, 2.75) is 39.7 Å². The molecule has 2 rings (SSSR count). The van der Waals surface area contributed by atoms with Crippen LogP contribution >= 0.6 is 11.3 Å². The summed E-state index contributed by atoms with van der Waals surface area (Å²) in [6.45, 7) is 7.19. The third-order valence-corrected chi connectivity index (χ3v) is 3.92. The van der Waals surface area contributed by atoms with Crippen LogP contribution in [0.5, 0.6) is 0 Å². The van der Waals surface area contributed by atoms with E-state index >= 15 is 0 Å². The molecule has 0 aliphatic heterocycles. The summed E-state index contributed by atoms with van der Waals surface area (Å²) in [6, 6.07) is 0.148. The van der Waals surface area contributed by atoms with Crippen LogP contribution in [0.4, 0.5) is 11.6 Å². The van der Waals surface area contributed by atoms with E-state index in [0.717, 1.165) is 41.6 Å². The van der Waals surface area contributed by atoms with Gasteiger partial charge < -0.3 is 10.6 Å². The molecule has 108 valence electrons. The van der Waals surface area contributed by atoms with Gasteiger partial charge in [-0.25, -0.2) is 15.0 Å². The van der Waals surface area contributed by atoms with Gasteiger partial charge in [0.05, 0.1) is 6.04 Å². The summed E-state index contributed by atoms with van der Waals surface area (Å²) in [4.78, 5) is 13.1. The van der Waals surface area contributed by atoms with E-state index in [1.165, 1.54) is 0 Å². The van der Waals surface area contributed by atoms with Crippen LogP contribution in [-0.4, -0.2) is 21.5 Å². The molecule has 0 saturated heterocycles. The number of anilines is 2. The average molecular weight is 291 g/mol. The van der Waals surface area contributed by atoms with Gasteiger partial charge in [0.1, 0.15) is 23.0 Å². The molecular weight excluding hydrogens is 270 g/mol. The van der Waals surface area contributed by atoms with Crippen molar-refractivity contribution < 1.29 is 0 Å². The average Bonchev–Trinajstić information content (AvgIpc) is 2.97. The highest BCUT2D eigenvalue weighted by Crippen LogP contribution is 2.26. The summed E-state index contributed by atoms with van der Waals surface area (Å²) in [7, 11) is 0. The predicted molar refractivity (Wildman–Crippen MR) is 84.3 cm³/mol. The lowest BCUT2D eigenvalue weighted by atomic mass is 10.1. The molecule has 1 atom stereocenters. The van der Waals surface area contributed by atoms with E-state index < -0.39 is 0 Å². The van der Waals surface area contributed by atoms with Crippen LogP contribution in [0.15, 0.2) is 17.9 Å². The molecule has 5 nitrogen and oxygen atoms in total. The first-order valence-corrected chi connectivity index (χ1v) is 7.87. The molecule has 0 fully saturated rings. The third-order valence-electron chi connectivity index (χ3n) is 2.96. The van der Waals surface area contributed by atoms with Gasteiger partial charge in [0.2, 0.25) is 0 Å². The zero-order valence-corrected chi connectivity index (χ0v) is 13.0. The van der Waals surface area contributed by atoms with Crippen LogP contribution < -0.4 is 10.6 Å². The van der Waals surface area contributed by atoms with E-state index in [1.807, 2.05) is 11.6 Å². The maximum Gasteiger partial charge on any atom is 0.135 e. The zero-order chi connectivity index (χ0) is 14.4. The van der Waals surface area contributed by atoms with Gasteiger partial charge in [0, 0.05) is 23.7 Å². The number of nitrogens with zero attached hydrogens (tertiary/aromatic N) is 3. The van der Waals surface area contributed by atoms with E-state index in [2.05, 4.69) is 46.4 Å². The molecule has 2 aromatic heterocycles. The highest BCUT2D eigenvalue weighted by Gasteiger charge is 2.14. The number of nitrogens with one attached hydrogen (secondary N) is 2. The maximum atomic E-state index is 4.40. The van der Waals surface area contributed by atoms with Gasteiger partial charge in [-0.05, 0) is 20.3 Å². The second kappa shape index (κ2) is 7.19. The van der Waals surface area contributed by atoms with Crippen molar-refractivity contribution >= 4 is 23.0 Å². The fourth-order valence-corrected chi connectivity index (χ4v) is 2.70. The second-order valence-electron chi connectivity index (χ2n) is 4.57. The topological polar surface area (TPSA) is 62.7 Å². The number of aromatic nitrogens is 3. The van der Waals surface area contributed by atoms with Gasteiger partial charge >= 0.3 is 0 Å². The Kier molecular flexibility index (Phi) is 5.29. The molecule has 0 spiro atoms. The Morgan fingerprint density at radius 1 is 1.20 bits per heavy atom. The Hall–Kier alpha value is -1.69. The molecule has 6 heteroatoms. The first-order valence-electron chi connectivity index (χ1n) is 6.99. The molecule has 1 unspecified atom stereocenters. The third kappa shape index (κ3) is 3.45. The fraction of sp³-hybridized carbons (Fsp3) is 0.500. The van der Waals surface area contributed by atoms with Crippen molar-refractivity contribution in [2.75, 3.05) is 17.2 Å². The Morgan fingerprint density at radius 2 is 2.00 bits per heavy atom. The highest BCUT2D eigenvalue weighted by atomic mass is 32.1. The Labute approximate surface area is 123 Å². The van der Waals surface area contributed by atoms with Crippen molar-refractivity contribution in [2.24, 2.45) is 0 Å². The normalized spacial score (nSPS) is 12.2. The molecule has 20 heavy (non-hydrogen) atoms. The number of hydrogen-bond donors (Lipinski definition) is 2. The molecule has 0 aliphatic carbocycles. The predicted octanol–water partition coefficient (Wildman–Crippen LogP) is 3.49. The zero-order valence-electron chi connectivity index (χ0n) is 12.2. The first kappa shape index (κ1) is 14.7. The number of thiazole rings is 1. The number of rotatable bonds is 7. The fourth-order valence-electron chi connectivity index (χ4n) is 2.06. The summed E-state index contributed by atoms with van der Waals surface area (Å²) >= 11 is 1.65. The van der Waals surface area contributed by atoms with Crippen LogP contribution in [0.3, 0.4) is 0 Å². The minimum atomic E-state index is 0.148. The Bertz CT molecular complexity index is 526. The molecule has 0 aromatic carbocycles. The molecule has 0 radical (unpaired) electrons. The van der Waals surface area contributed by atoms with Gasteiger partial charge in [-0.3, -0.25) is 0 Å². The Morgan fingerprint density at radius 3 is 2.65 bits per heavy atom. The summed E-state index contributed by atoms with van der Waals surface area (Å²) < 4.78 is 0. The lowest BCUT2D eigenvalue weighted by Gasteiger charge is -2.17. The summed E-state index contributed by atoms with van der Waals surface area (Å²) in [5, 5.41) is 9.81. The van der Waals surface area contributed by atoms with Crippen molar-refractivity contribution in [1.29, 1.82) is 0 Å². The van der Waals surface area contributed by atoms with E-state index in [-0.39, 0.29) is 6.04 Å². The summed E-state index contributed by atoms with van der Waals surface area (Å²) in [6.07, 6.45) is 5.45. The highest BCUT2D eigenvalue weighted by molar-refractivity contribution is 7.09. The largest absolute Gasteiger partial charge is 0.370 e. The molecule has 0 saturated carbocycles. The van der Waals surface area contributed by atoms with E-state index in [4.69, 9.17) is 0 Å².